The number of nitrogens with zero attached hydrogens (tertiary/aromatic N) is 1. The number of carbonyl (C=O) groups is 5. The van der Waals surface area contributed by atoms with E-state index in [0.29, 0.717) is 12.0 Å². The second-order valence-electron chi connectivity index (χ2n) is 10.2. The maximum absolute atomic E-state index is 14.0. The number of rotatable bonds is 15. The summed E-state index contributed by atoms with van der Waals surface area (Å²) in [5.41, 5.74) is 6.10. The first-order valence-corrected chi connectivity index (χ1v) is 13.3. The van der Waals surface area contributed by atoms with E-state index in [1.807, 2.05) is 26.0 Å². The van der Waals surface area contributed by atoms with Crippen molar-refractivity contribution in [3.63, 3.8) is 0 Å². The molecule has 0 saturated carbocycles. The number of benzene rings is 1. The summed E-state index contributed by atoms with van der Waals surface area (Å²) in [7, 11) is 1.21. The van der Waals surface area contributed by atoms with Crippen LogP contribution in [0.3, 0.4) is 0 Å². The van der Waals surface area contributed by atoms with Gasteiger partial charge in [0.15, 0.2) is 0 Å². The Labute approximate surface area is 231 Å². The molecule has 1 aromatic rings. The minimum absolute atomic E-state index is 0.0804. The van der Waals surface area contributed by atoms with E-state index in [-0.39, 0.29) is 25.9 Å². The van der Waals surface area contributed by atoms with Gasteiger partial charge in [-0.05, 0) is 51.2 Å². The molecule has 0 fully saturated rings. The molecule has 11 nitrogen and oxygen atoms in total. The number of hydrogen-bond donors (Lipinski definition) is 3. The van der Waals surface area contributed by atoms with Gasteiger partial charge in [-0.25, -0.2) is 4.79 Å². The van der Waals surface area contributed by atoms with Gasteiger partial charge in [0.1, 0.15) is 24.2 Å². The number of esters is 1. The molecule has 39 heavy (non-hydrogen) atoms. The zero-order chi connectivity index (χ0) is 29.6. The molecular formula is C28H44N4O7. The van der Waals surface area contributed by atoms with E-state index in [0.717, 1.165) is 24.8 Å². The third-order valence-corrected chi connectivity index (χ3v) is 5.85. The van der Waals surface area contributed by atoms with Crippen molar-refractivity contribution in [2.45, 2.75) is 90.8 Å². The highest BCUT2D eigenvalue weighted by Crippen LogP contribution is 2.25. The van der Waals surface area contributed by atoms with Crippen molar-refractivity contribution in [2.75, 3.05) is 20.2 Å². The van der Waals surface area contributed by atoms with E-state index in [1.165, 1.54) is 12.0 Å². The fraction of sp³-hybridized carbons (Fsp3) is 0.607. The summed E-state index contributed by atoms with van der Waals surface area (Å²) >= 11 is 0. The van der Waals surface area contributed by atoms with Crippen LogP contribution in [0.5, 0.6) is 0 Å². The average molecular weight is 549 g/mol. The van der Waals surface area contributed by atoms with Crippen LogP contribution in [0.4, 0.5) is 4.79 Å². The summed E-state index contributed by atoms with van der Waals surface area (Å²) in [5, 5.41) is 5.11. The van der Waals surface area contributed by atoms with Gasteiger partial charge in [-0.2, -0.15) is 0 Å². The van der Waals surface area contributed by atoms with Crippen molar-refractivity contribution < 1.29 is 33.4 Å². The number of methoxy groups -OCH3 is 1. The number of nitrogens with one attached hydrogen (secondary N) is 2. The van der Waals surface area contributed by atoms with Crippen LogP contribution in [0.2, 0.25) is 0 Å². The maximum atomic E-state index is 14.0. The highest BCUT2D eigenvalue weighted by Gasteiger charge is 2.36. The lowest BCUT2D eigenvalue weighted by molar-refractivity contribution is -0.145. The molecule has 0 saturated heterocycles. The average Bonchev–Trinajstić information content (AvgIpc) is 2.87. The molecule has 4 N–H and O–H groups in total. The van der Waals surface area contributed by atoms with Crippen molar-refractivity contribution in [3.05, 3.63) is 35.4 Å². The Bertz CT molecular complexity index is 973. The molecule has 0 aliphatic rings. The van der Waals surface area contributed by atoms with Gasteiger partial charge < -0.3 is 30.7 Å². The summed E-state index contributed by atoms with van der Waals surface area (Å²) in [6, 6.07) is 4.98. The molecule has 0 heterocycles. The van der Waals surface area contributed by atoms with Crippen LogP contribution in [0.15, 0.2) is 24.3 Å². The van der Waals surface area contributed by atoms with Gasteiger partial charge in [-0.3, -0.25) is 19.2 Å². The number of aryl methyl sites for hydroxylation is 1. The Kier molecular flexibility index (Phi) is 14.0. The number of unbranched alkanes of at least 4 members (excludes halogenated alkanes) is 2. The number of primary amides is 1. The largest absolute Gasteiger partial charge is 0.468 e. The molecule has 11 heteroatoms. The molecule has 218 valence electrons. The predicted molar refractivity (Wildman–Crippen MR) is 146 cm³/mol. The maximum Gasteiger partial charge on any atom is 0.408 e. The Morgan fingerprint density at radius 1 is 1.03 bits per heavy atom. The van der Waals surface area contributed by atoms with Crippen molar-refractivity contribution in [1.82, 2.24) is 15.5 Å². The Morgan fingerprint density at radius 2 is 1.67 bits per heavy atom. The van der Waals surface area contributed by atoms with Crippen LogP contribution in [0.1, 0.15) is 83.9 Å². The highest BCUT2D eigenvalue weighted by molar-refractivity contribution is 5.93. The van der Waals surface area contributed by atoms with Crippen LogP contribution in [-0.2, 0) is 35.1 Å². The standard InChI is InChI=1S/C28H44N4O7/c1-7-9-10-17-32(26(36)21(15-16-22(29)33)31-27(37)39-28(3,4)5)24(25(35)30-18-23(34)38-6)20-13-11-19(8-2)12-14-20/h11-14,21,24H,7-10,15-18H2,1-6H3,(H2,29,33)(H,30,35)(H,31,37). The Morgan fingerprint density at radius 3 is 2.18 bits per heavy atom. The molecule has 0 spiro atoms. The first-order valence-electron chi connectivity index (χ1n) is 13.3. The number of hydrogen-bond acceptors (Lipinski definition) is 7. The van der Waals surface area contributed by atoms with Crippen molar-refractivity contribution in [2.24, 2.45) is 5.73 Å². The van der Waals surface area contributed by atoms with Crippen molar-refractivity contribution in [3.8, 4) is 0 Å². The van der Waals surface area contributed by atoms with Gasteiger partial charge in [0.25, 0.3) is 0 Å². The number of nitrogens with two attached hydrogens (primary N) is 1. The van der Waals surface area contributed by atoms with Crippen molar-refractivity contribution in [1.29, 1.82) is 0 Å². The van der Waals surface area contributed by atoms with Gasteiger partial charge in [-0.15, -0.1) is 0 Å². The summed E-state index contributed by atoms with van der Waals surface area (Å²) in [4.78, 5) is 64.8. The molecule has 1 rings (SSSR count). The van der Waals surface area contributed by atoms with Crippen LogP contribution < -0.4 is 16.4 Å². The third kappa shape index (κ3) is 12.2. The number of alkyl carbamates (subject to hydrolysis) is 1. The molecule has 2 atom stereocenters. The molecule has 2 unspecified atom stereocenters. The topological polar surface area (TPSA) is 157 Å². The first kappa shape index (κ1) is 33.4. The van der Waals surface area contributed by atoms with Crippen LogP contribution in [0.25, 0.3) is 0 Å². The fourth-order valence-corrected chi connectivity index (χ4v) is 3.83. The lowest BCUT2D eigenvalue weighted by atomic mass is 9.99. The first-order chi connectivity index (χ1) is 18.3. The zero-order valence-corrected chi connectivity index (χ0v) is 24.0. The number of ether oxygens (including phenoxy) is 2. The minimum atomic E-state index is -1.18. The molecule has 0 radical (unpaired) electrons. The van der Waals surface area contributed by atoms with E-state index >= 15 is 0 Å². The summed E-state index contributed by atoms with van der Waals surface area (Å²) in [6.07, 6.45) is 1.95. The molecule has 0 bridgehead atoms. The minimum Gasteiger partial charge on any atom is -0.468 e. The van der Waals surface area contributed by atoms with Gasteiger partial charge in [0.2, 0.25) is 17.7 Å². The summed E-state index contributed by atoms with van der Waals surface area (Å²) < 4.78 is 9.97. The van der Waals surface area contributed by atoms with Gasteiger partial charge >= 0.3 is 12.1 Å². The second kappa shape index (κ2) is 16.4. The highest BCUT2D eigenvalue weighted by atomic mass is 16.6. The normalized spacial score (nSPS) is 12.6. The lowest BCUT2D eigenvalue weighted by Crippen LogP contribution is -2.53. The molecule has 0 aliphatic heterocycles. The van der Waals surface area contributed by atoms with Crippen LogP contribution >= 0.6 is 0 Å². The summed E-state index contributed by atoms with van der Waals surface area (Å²) in [6.45, 7) is 8.89. The van der Waals surface area contributed by atoms with E-state index in [2.05, 4.69) is 15.4 Å². The van der Waals surface area contributed by atoms with Crippen molar-refractivity contribution >= 4 is 29.8 Å². The van der Waals surface area contributed by atoms with E-state index in [4.69, 9.17) is 10.5 Å². The molecule has 0 aromatic heterocycles. The summed E-state index contributed by atoms with van der Waals surface area (Å²) in [5.74, 6) is -2.44. The van der Waals surface area contributed by atoms with Gasteiger partial charge in [-0.1, -0.05) is 51.0 Å². The Hall–Kier alpha value is -3.63. The number of amides is 4. The van der Waals surface area contributed by atoms with Gasteiger partial charge in [0, 0.05) is 13.0 Å². The molecular weight excluding hydrogens is 504 g/mol. The molecule has 1 aromatic carbocycles. The van der Waals surface area contributed by atoms with E-state index in [9.17, 15) is 24.0 Å². The fourth-order valence-electron chi connectivity index (χ4n) is 3.83. The number of carbonyl (C=O) groups excluding carboxylic acids is 5. The van der Waals surface area contributed by atoms with E-state index < -0.39 is 47.5 Å². The predicted octanol–water partition coefficient (Wildman–Crippen LogP) is 2.76. The SMILES string of the molecule is CCCCCN(C(=O)C(CCC(N)=O)NC(=O)OC(C)(C)C)C(C(=O)NCC(=O)OC)c1ccc(CC)cc1. The molecule has 0 aliphatic carbocycles. The van der Waals surface area contributed by atoms with E-state index in [1.54, 1.807) is 32.9 Å². The van der Waals surface area contributed by atoms with Crippen LogP contribution in [-0.4, -0.2) is 66.5 Å². The quantitative estimate of drug-likeness (QED) is 0.225. The second-order valence-corrected chi connectivity index (χ2v) is 10.2. The monoisotopic (exact) mass is 548 g/mol. The smallest absolute Gasteiger partial charge is 0.408 e. The van der Waals surface area contributed by atoms with Gasteiger partial charge in [0.05, 0.1) is 7.11 Å². The molecule has 4 amide bonds. The van der Waals surface area contributed by atoms with Crippen LogP contribution in [0, 0.1) is 0 Å². The zero-order valence-electron chi connectivity index (χ0n) is 24.0. The third-order valence-electron chi connectivity index (χ3n) is 5.85. The Balaban J connectivity index is 3.51. The lowest BCUT2D eigenvalue weighted by Gasteiger charge is -2.34.